The van der Waals surface area contributed by atoms with Crippen LogP contribution in [0.5, 0.6) is 11.5 Å². The van der Waals surface area contributed by atoms with Gasteiger partial charge in [-0.15, -0.1) is 0 Å². The standard InChI is InChI=1S/C21H28O4/c1-21-7-6-16-15(17(21)4-5-19(21)23)3-2-12-8-13(22)9-18(20(12)16)25-11-14-10-24-14/h8-9,14-17,19,22-23H,2-7,10-11H2,1H3/t14?,15-,16+,17+,19-,21+/m1/s1. The second-order valence-corrected chi connectivity index (χ2v) is 8.84. The number of fused-ring (bicyclic) bond motifs is 5. The summed E-state index contributed by atoms with van der Waals surface area (Å²) in [5.74, 6) is 2.92. The maximum Gasteiger partial charge on any atom is 0.126 e. The minimum atomic E-state index is -0.137. The van der Waals surface area contributed by atoms with Crippen LogP contribution in [-0.2, 0) is 11.2 Å². The third kappa shape index (κ3) is 2.48. The number of aliphatic hydroxyl groups excluding tert-OH is 1. The lowest BCUT2D eigenvalue weighted by atomic mass is 9.55. The molecule has 1 heterocycles. The summed E-state index contributed by atoms with van der Waals surface area (Å²) in [7, 11) is 0. The van der Waals surface area contributed by atoms with E-state index in [1.807, 2.05) is 6.07 Å². The van der Waals surface area contributed by atoms with Gasteiger partial charge >= 0.3 is 0 Å². The summed E-state index contributed by atoms with van der Waals surface area (Å²) in [6, 6.07) is 3.73. The van der Waals surface area contributed by atoms with E-state index in [9.17, 15) is 10.2 Å². The van der Waals surface area contributed by atoms with Crippen LogP contribution in [0.15, 0.2) is 12.1 Å². The van der Waals surface area contributed by atoms with E-state index in [1.54, 1.807) is 6.07 Å². The number of phenols is 1. The first kappa shape index (κ1) is 16.0. The molecule has 4 nitrogen and oxygen atoms in total. The number of hydrogen-bond acceptors (Lipinski definition) is 4. The molecule has 1 aliphatic heterocycles. The maximum absolute atomic E-state index is 10.5. The van der Waals surface area contributed by atoms with Crippen molar-refractivity contribution in [2.24, 2.45) is 17.3 Å². The average molecular weight is 344 g/mol. The van der Waals surface area contributed by atoms with Gasteiger partial charge in [0, 0.05) is 11.6 Å². The van der Waals surface area contributed by atoms with Gasteiger partial charge in [0.05, 0.1) is 12.7 Å². The van der Waals surface area contributed by atoms with Crippen LogP contribution in [0.25, 0.3) is 0 Å². The number of aliphatic hydroxyl groups is 1. The predicted molar refractivity (Wildman–Crippen MR) is 94.0 cm³/mol. The molecule has 6 atom stereocenters. The van der Waals surface area contributed by atoms with E-state index in [0.717, 1.165) is 44.5 Å². The summed E-state index contributed by atoms with van der Waals surface area (Å²) < 4.78 is 11.4. The zero-order chi connectivity index (χ0) is 17.2. The Morgan fingerprint density at radius 2 is 2.08 bits per heavy atom. The Balaban J connectivity index is 1.50. The SMILES string of the molecule is C[C@]12CC[C@@H]3c4c(cc(O)cc4OCC4CO4)CC[C@H]3[C@@H]1CC[C@H]2O. The average Bonchev–Trinajstić information content (AvgIpc) is 3.37. The smallest absolute Gasteiger partial charge is 0.126 e. The van der Waals surface area contributed by atoms with E-state index in [4.69, 9.17) is 9.47 Å². The van der Waals surface area contributed by atoms with E-state index in [0.29, 0.717) is 30.1 Å². The number of aryl methyl sites for hydroxylation is 1. The molecule has 3 aliphatic carbocycles. The van der Waals surface area contributed by atoms with Crippen molar-refractivity contribution in [1.29, 1.82) is 0 Å². The topological polar surface area (TPSA) is 62.2 Å². The van der Waals surface area contributed by atoms with Gasteiger partial charge < -0.3 is 19.7 Å². The minimum absolute atomic E-state index is 0.0957. The van der Waals surface area contributed by atoms with Gasteiger partial charge in [0.25, 0.3) is 0 Å². The normalized spacial score (nSPS) is 41.6. The van der Waals surface area contributed by atoms with E-state index >= 15 is 0 Å². The van der Waals surface area contributed by atoms with E-state index < -0.39 is 0 Å². The summed E-state index contributed by atoms with van der Waals surface area (Å²) in [6.45, 7) is 3.66. The van der Waals surface area contributed by atoms with Gasteiger partial charge in [-0.3, -0.25) is 0 Å². The highest BCUT2D eigenvalue weighted by Crippen LogP contribution is 2.62. The van der Waals surface area contributed by atoms with Crippen LogP contribution in [-0.4, -0.2) is 35.6 Å². The van der Waals surface area contributed by atoms with Crippen molar-refractivity contribution in [3.63, 3.8) is 0 Å². The molecule has 0 bridgehead atoms. The second kappa shape index (κ2) is 5.62. The summed E-state index contributed by atoms with van der Waals surface area (Å²) >= 11 is 0. The number of hydrogen-bond donors (Lipinski definition) is 2. The molecule has 0 aromatic heterocycles. The zero-order valence-corrected chi connectivity index (χ0v) is 14.9. The predicted octanol–water partition coefficient (Wildman–Crippen LogP) is 3.39. The van der Waals surface area contributed by atoms with Crippen molar-refractivity contribution < 1.29 is 19.7 Å². The van der Waals surface area contributed by atoms with E-state index in [-0.39, 0.29) is 17.6 Å². The van der Waals surface area contributed by atoms with Gasteiger partial charge in [-0.05, 0) is 73.3 Å². The molecular formula is C21H28O4. The number of aromatic hydroxyl groups is 1. The Morgan fingerprint density at radius 1 is 1.24 bits per heavy atom. The fraction of sp³-hybridized carbons (Fsp3) is 0.714. The van der Waals surface area contributed by atoms with Gasteiger partial charge in [-0.25, -0.2) is 0 Å². The minimum Gasteiger partial charge on any atom is -0.508 e. The van der Waals surface area contributed by atoms with Crippen molar-refractivity contribution >= 4 is 0 Å². The molecule has 1 aromatic carbocycles. The summed E-state index contributed by atoms with van der Waals surface area (Å²) in [6.07, 6.45) is 6.56. The number of epoxide rings is 1. The lowest BCUT2D eigenvalue weighted by molar-refractivity contribution is -0.0230. The third-order valence-electron chi connectivity index (χ3n) is 7.54. The summed E-state index contributed by atoms with van der Waals surface area (Å²) in [5.41, 5.74) is 2.69. The van der Waals surface area contributed by atoms with Crippen molar-refractivity contribution in [2.45, 2.75) is 63.6 Å². The molecule has 4 heteroatoms. The summed E-state index contributed by atoms with van der Waals surface area (Å²) in [4.78, 5) is 0. The molecule has 2 N–H and O–H groups in total. The highest BCUT2D eigenvalue weighted by molar-refractivity contribution is 5.50. The van der Waals surface area contributed by atoms with Crippen LogP contribution in [0.1, 0.15) is 56.1 Å². The Labute approximate surface area is 149 Å². The Bertz CT molecular complexity index is 683. The fourth-order valence-electron chi connectivity index (χ4n) is 6.11. The molecular weight excluding hydrogens is 316 g/mol. The first-order valence-electron chi connectivity index (χ1n) is 9.84. The van der Waals surface area contributed by atoms with Crippen LogP contribution < -0.4 is 4.74 Å². The second-order valence-electron chi connectivity index (χ2n) is 8.84. The first-order chi connectivity index (χ1) is 12.1. The quantitative estimate of drug-likeness (QED) is 0.825. The fourth-order valence-corrected chi connectivity index (χ4v) is 6.11. The van der Waals surface area contributed by atoms with Gasteiger partial charge in [0.2, 0.25) is 0 Å². The van der Waals surface area contributed by atoms with Crippen molar-refractivity contribution in [1.82, 2.24) is 0 Å². The monoisotopic (exact) mass is 344 g/mol. The third-order valence-corrected chi connectivity index (χ3v) is 7.54. The lowest BCUT2D eigenvalue weighted by Gasteiger charge is -2.50. The van der Waals surface area contributed by atoms with Crippen LogP contribution >= 0.6 is 0 Å². The number of rotatable bonds is 3. The molecule has 1 unspecified atom stereocenters. The van der Waals surface area contributed by atoms with Gasteiger partial charge in [-0.2, -0.15) is 0 Å². The van der Waals surface area contributed by atoms with Crippen LogP contribution in [0.2, 0.25) is 0 Å². The Kier molecular flexibility index (Phi) is 3.58. The molecule has 1 saturated heterocycles. The number of benzene rings is 1. The van der Waals surface area contributed by atoms with Gasteiger partial charge in [-0.1, -0.05) is 6.92 Å². The number of phenolic OH excluding ortho intramolecular Hbond substituents is 1. The first-order valence-corrected chi connectivity index (χ1v) is 9.84. The van der Waals surface area contributed by atoms with Crippen LogP contribution in [0.3, 0.4) is 0 Å². The maximum atomic E-state index is 10.5. The molecule has 136 valence electrons. The molecule has 25 heavy (non-hydrogen) atoms. The van der Waals surface area contributed by atoms with Crippen molar-refractivity contribution in [3.05, 3.63) is 23.3 Å². The van der Waals surface area contributed by atoms with Crippen molar-refractivity contribution in [2.75, 3.05) is 13.2 Å². The van der Waals surface area contributed by atoms with Crippen LogP contribution in [0.4, 0.5) is 0 Å². The molecule has 3 fully saturated rings. The van der Waals surface area contributed by atoms with Crippen LogP contribution in [0, 0.1) is 17.3 Å². The molecule has 1 aromatic rings. The largest absolute Gasteiger partial charge is 0.508 e. The zero-order valence-electron chi connectivity index (χ0n) is 14.9. The molecule has 2 saturated carbocycles. The van der Waals surface area contributed by atoms with Gasteiger partial charge in [0.1, 0.15) is 24.2 Å². The highest BCUT2D eigenvalue weighted by atomic mass is 16.6. The van der Waals surface area contributed by atoms with Gasteiger partial charge in [0.15, 0.2) is 0 Å². The molecule has 0 amide bonds. The van der Waals surface area contributed by atoms with Crippen molar-refractivity contribution in [3.8, 4) is 11.5 Å². The highest BCUT2D eigenvalue weighted by Gasteiger charge is 2.54. The molecule has 4 aliphatic rings. The molecule has 5 rings (SSSR count). The molecule has 0 spiro atoms. The lowest BCUT2D eigenvalue weighted by Crippen LogP contribution is -2.44. The molecule has 0 radical (unpaired) electrons. The Hall–Kier alpha value is -1.26. The van der Waals surface area contributed by atoms with E-state index in [1.165, 1.54) is 17.5 Å². The number of ether oxygens (including phenoxy) is 2. The van der Waals surface area contributed by atoms with E-state index in [2.05, 4.69) is 6.92 Å². The Morgan fingerprint density at radius 3 is 2.88 bits per heavy atom. The summed E-state index contributed by atoms with van der Waals surface area (Å²) in [5, 5.41) is 20.7.